The second-order valence-electron chi connectivity index (χ2n) is 7.15. The van der Waals surface area contributed by atoms with Crippen LogP contribution in [0.25, 0.3) is 0 Å². The van der Waals surface area contributed by atoms with Gasteiger partial charge in [-0.15, -0.1) is 0 Å². The summed E-state index contributed by atoms with van der Waals surface area (Å²) in [5.74, 6) is -1.18. The second-order valence-corrected chi connectivity index (χ2v) is 9.02. The van der Waals surface area contributed by atoms with Crippen molar-refractivity contribution in [1.29, 1.82) is 0 Å². The van der Waals surface area contributed by atoms with Gasteiger partial charge in [0.05, 0.1) is 18.0 Å². The maximum Gasteiger partial charge on any atom is 0.254 e. The predicted octanol–water partition coefficient (Wildman–Crippen LogP) is 4.50. The Hall–Kier alpha value is -3.06. The van der Waals surface area contributed by atoms with E-state index in [1.807, 2.05) is 30.3 Å². The fourth-order valence-corrected chi connectivity index (χ4v) is 4.87. The van der Waals surface area contributed by atoms with Crippen molar-refractivity contribution in [1.82, 2.24) is 4.41 Å². The third kappa shape index (κ3) is 4.41. The first-order valence-corrected chi connectivity index (χ1v) is 11.2. The van der Waals surface area contributed by atoms with Crippen molar-refractivity contribution in [2.24, 2.45) is 5.10 Å². The van der Waals surface area contributed by atoms with Crippen LogP contribution in [0.2, 0.25) is 0 Å². The Bertz CT molecular complexity index is 1180. The van der Waals surface area contributed by atoms with E-state index in [1.165, 1.54) is 42.5 Å². The zero-order chi connectivity index (χ0) is 21.1. The van der Waals surface area contributed by atoms with Gasteiger partial charge in [-0.3, -0.25) is 0 Å². The van der Waals surface area contributed by atoms with Crippen molar-refractivity contribution in [3.63, 3.8) is 0 Å². The minimum Gasteiger partial charge on any atom is -0.207 e. The molecule has 0 atom stereocenters. The lowest BCUT2D eigenvalue weighted by Gasteiger charge is -2.18. The molecule has 30 heavy (non-hydrogen) atoms. The molecule has 4 nitrogen and oxygen atoms in total. The number of sulfonamides is 1. The van der Waals surface area contributed by atoms with Gasteiger partial charge >= 0.3 is 0 Å². The molecule has 0 saturated carbocycles. The molecule has 0 aliphatic carbocycles. The Morgan fingerprint density at radius 2 is 1.60 bits per heavy atom. The normalized spacial score (nSPS) is 15.3. The number of fused-ring (bicyclic) bond motifs is 1. The van der Waals surface area contributed by atoms with Gasteiger partial charge in [-0.05, 0) is 60.4 Å². The van der Waals surface area contributed by atoms with Crippen LogP contribution in [0.15, 0.2) is 77.9 Å². The Labute approximate surface area is 174 Å². The molecule has 0 bridgehead atoms. The van der Waals surface area contributed by atoms with Crippen molar-refractivity contribution in [3.05, 3.63) is 107 Å². The van der Waals surface area contributed by atoms with E-state index < -0.39 is 21.7 Å². The minimum absolute atomic E-state index is 0.193. The number of benzene rings is 3. The summed E-state index contributed by atoms with van der Waals surface area (Å²) in [6.07, 6.45) is 1.28. The summed E-state index contributed by atoms with van der Waals surface area (Å²) in [6.45, 7) is 0.193. The molecule has 0 fully saturated rings. The molecule has 0 aromatic heterocycles. The molecule has 0 amide bonds. The topological polar surface area (TPSA) is 49.7 Å². The summed E-state index contributed by atoms with van der Waals surface area (Å²) in [4.78, 5) is 0. The lowest BCUT2D eigenvalue weighted by Crippen LogP contribution is -2.28. The molecule has 4 rings (SSSR count). The molecular weight excluding hydrogens is 406 g/mol. The highest BCUT2D eigenvalue weighted by molar-refractivity contribution is 7.88. The van der Waals surface area contributed by atoms with E-state index in [0.717, 1.165) is 9.98 Å². The second kappa shape index (κ2) is 8.36. The van der Waals surface area contributed by atoms with Crippen LogP contribution in [-0.2, 0) is 22.2 Å². The number of rotatable bonds is 5. The van der Waals surface area contributed by atoms with Gasteiger partial charge in [0.15, 0.2) is 0 Å². The van der Waals surface area contributed by atoms with Gasteiger partial charge in [-0.25, -0.2) is 17.2 Å². The quantitative estimate of drug-likeness (QED) is 0.603. The van der Waals surface area contributed by atoms with Crippen LogP contribution in [0.1, 0.15) is 28.7 Å². The van der Waals surface area contributed by atoms with Crippen LogP contribution in [0, 0.1) is 11.6 Å². The molecule has 7 heteroatoms. The van der Waals surface area contributed by atoms with Gasteiger partial charge in [0.2, 0.25) is 0 Å². The van der Waals surface area contributed by atoms with Gasteiger partial charge < -0.3 is 0 Å². The zero-order valence-corrected chi connectivity index (χ0v) is 16.9. The van der Waals surface area contributed by atoms with Crippen molar-refractivity contribution < 1.29 is 17.2 Å². The van der Waals surface area contributed by atoms with Crippen LogP contribution < -0.4 is 0 Å². The fourth-order valence-electron chi connectivity index (χ4n) is 3.47. The number of hydrazone groups is 1. The summed E-state index contributed by atoms with van der Waals surface area (Å²) in [7, 11) is -3.74. The Morgan fingerprint density at radius 3 is 2.33 bits per heavy atom. The Morgan fingerprint density at radius 1 is 0.900 bits per heavy atom. The first-order chi connectivity index (χ1) is 14.4. The van der Waals surface area contributed by atoms with Crippen LogP contribution in [-0.4, -0.2) is 25.1 Å². The Balaban J connectivity index is 1.71. The zero-order valence-electron chi connectivity index (χ0n) is 16.1. The van der Waals surface area contributed by atoms with Crippen LogP contribution in [0.3, 0.4) is 0 Å². The van der Waals surface area contributed by atoms with E-state index >= 15 is 0 Å². The maximum atomic E-state index is 14.0. The average Bonchev–Trinajstić information content (AvgIpc) is 2.83. The molecule has 1 aliphatic heterocycles. The highest BCUT2D eigenvalue weighted by atomic mass is 32.2. The molecular formula is C23H20F2N2O2S. The number of hydrogen-bond acceptors (Lipinski definition) is 3. The van der Waals surface area contributed by atoms with E-state index in [4.69, 9.17) is 0 Å². The lowest BCUT2D eigenvalue weighted by molar-refractivity contribution is 0.424. The Kier molecular flexibility index (Phi) is 5.63. The van der Waals surface area contributed by atoms with Gasteiger partial charge in [0, 0.05) is 11.1 Å². The predicted molar refractivity (Wildman–Crippen MR) is 113 cm³/mol. The van der Waals surface area contributed by atoms with E-state index in [9.17, 15) is 17.2 Å². The third-order valence-electron chi connectivity index (χ3n) is 4.97. The molecule has 1 heterocycles. The molecule has 0 radical (unpaired) electrons. The maximum absolute atomic E-state index is 14.0. The van der Waals surface area contributed by atoms with E-state index in [2.05, 4.69) is 5.10 Å². The fraction of sp³-hybridized carbons (Fsp3) is 0.174. The van der Waals surface area contributed by atoms with Crippen molar-refractivity contribution >= 4 is 15.7 Å². The van der Waals surface area contributed by atoms with Crippen LogP contribution in [0.5, 0.6) is 0 Å². The summed E-state index contributed by atoms with van der Waals surface area (Å²) in [5, 5.41) is 4.41. The average molecular weight is 426 g/mol. The molecule has 154 valence electrons. The minimum atomic E-state index is -3.74. The highest BCUT2D eigenvalue weighted by Crippen LogP contribution is 2.26. The van der Waals surface area contributed by atoms with Crippen LogP contribution >= 0.6 is 0 Å². The third-order valence-corrected chi connectivity index (χ3v) is 6.56. The molecule has 3 aromatic carbocycles. The van der Waals surface area contributed by atoms with Crippen LogP contribution in [0.4, 0.5) is 8.78 Å². The molecule has 0 unspecified atom stereocenters. The lowest BCUT2D eigenvalue weighted by atomic mass is 9.98. The largest absolute Gasteiger partial charge is 0.254 e. The van der Waals surface area contributed by atoms with Crippen molar-refractivity contribution in [2.75, 3.05) is 6.54 Å². The van der Waals surface area contributed by atoms with E-state index in [0.29, 0.717) is 35.2 Å². The summed E-state index contributed by atoms with van der Waals surface area (Å²) >= 11 is 0. The molecule has 0 N–H and O–H groups in total. The number of nitrogens with zero attached hydrogens (tertiary/aromatic N) is 2. The smallest absolute Gasteiger partial charge is 0.207 e. The van der Waals surface area contributed by atoms with Gasteiger partial charge in [-0.1, -0.05) is 36.4 Å². The number of aryl methyl sites for hydroxylation is 1. The molecule has 1 aliphatic rings. The summed E-state index contributed by atoms with van der Waals surface area (Å²) < 4.78 is 54.5. The first-order valence-electron chi connectivity index (χ1n) is 9.60. The molecule has 0 spiro atoms. The number of hydrogen-bond donors (Lipinski definition) is 0. The standard InChI is InChI=1S/C23H20F2N2O2S/c24-20-11-8-18(9-12-20)23-22-15-21(25)13-10-19(22)16-30(28,29)27(26-23)14-4-7-17-5-2-1-3-6-17/h1-3,5-6,8-13,15H,4,7,14,16H2. The summed E-state index contributed by atoms with van der Waals surface area (Å²) in [6, 6.07) is 19.3. The molecule has 3 aromatic rings. The SMILES string of the molecule is O=S1(=O)Cc2ccc(F)cc2C(c2ccc(F)cc2)=NN1CCCc1ccccc1. The van der Waals surface area contributed by atoms with Gasteiger partial charge in [-0.2, -0.15) is 9.52 Å². The van der Waals surface area contributed by atoms with E-state index in [-0.39, 0.29) is 12.3 Å². The van der Waals surface area contributed by atoms with Crippen molar-refractivity contribution in [3.8, 4) is 0 Å². The van der Waals surface area contributed by atoms with Crippen molar-refractivity contribution in [2.45, 2.75) is 18.6 Å². The van der Waals surface area contributed by atoms with Gasteiger partial charge in [0.1, 0.15) is 11.6 Å². The first kappa shape index (κ1) is 20.2. The van der Waals surface area contributed by atoms with E-state index in [1.54, 1.807) is 0 Å². The highest BCUT2D eigenvalue weighted by Gasteiger charge is 2.28. The monoisotopic (exact) mass is 426 g/mol. The summed E-state index contributed by atoms with van der Waals surface area (Å²) in [5.41, 5.74) is 2.80. The molecule has 0 saturated heterocycles. The number of halogens is 2. The van der Waals surface area contributed by atoms with Gasteiger partial charge in [0.25, 0.3) is 10.0 Å².